The maximum absolute atomic E-state index is 13.8. The second-order valence-electron chi connectivity index (χ2n) is 7.89. The van der Waals surface area contributed by atoms with Gasteiger partial charge in [-0.1, -0.05) is 0 Å². The first-order chi connectivity index (χ1) is 14.5. The van der Waals surface area contributed by atoms with Gasteiger partial charge >= 0.3 is 6.01 Å². The third kappa shape index (κ3) is 4.25. The number of hydrogen-bond donors (Lipinski definition) is 1. The minimum atomic E-state index is -0.232. The first kappa shape index (κ1) is 20.2. The summed E-state index contributed by atoms with van der Waals surface area (Å²) in [5.74, 6) is 0.368. The Labute approximate surface area is 174 Å². The van der Waals surface area contributed by atoms with Gasteiger partial charge in [-0.05, 0) is 74.3 Å². The standard InChI is InChI=1S/C23H25FN4O2/c1-14(28-22(29)17-12-26-23(30-2)27-13-17)15-3-5-16(6-4-15)19-9-10-25-21-8-7-18(24)11-20(19)21/h7-16H,3-6H2,1-2H3,(H,28,29)/t14-,15?,16?/m1/s1. The molecule has 3 aromatic rings. The predicted molar refractivity (Wildman–Crippen MR) is 112 cm³/mol. The predicted octanol–water partition coefficient (Wildman–Crippen LogP) is 4.26. The number of amides is 1. The maximum Gasteiger partial charge on any atom is 0.316 e. The van der Waals surface area contributed by atoms with E-state index in [4.69, 9.17) is 4.74 Å². The molecule has 156 valence electrons. The highest BCUT2D eigenvalue weighted by atomic mass is 19.1. The van der Waals surface area contributed by atoms with Gasteiger partial charge in [0.2, 0.25) is 0 Å². The summed E-state index contributed by atoms with van der Waals surface area (Å²) >= 11 is 0. The van der Waals surface area contributed by atoms with Crippen molar-refractivity contribution in [2.75, 3.05) is 7.11 Å². The fourth-order valence-corrected chi connectivity index (χ4v) is 4.37. The van der Waals surface area contributed by atoms with E-state index < -0.39 is 0 Å². The Balaban J connectivity index is 1.38. The number of benzene rings is 1. The van der Waals surface area contributed by atoms with E-state index in [0.717, 1.165) is 36.6 Å². The fraction of sp³-hybridized carbons (Fsp3) is 0.391. The molecular formula is C23H25FN4O2. The average molecular weight is 408 g/mol. The van der Waals surface area contributed by atoms with Crippen molar-refractivity contribution >= 4 is 16.8 Å². The summed E-state index contributed by atoms with van der Waals surface area (Å²) in [5.41, 5.74) is 2.42. The number of pyridine rings is 1. The van der Waals surface area contributed by atoms with Gasteiger partial charge in [-0.3, -0.25) is 9.78 Å². The highest BCUT2D eigenvalue weighted by Crippen LogP contribution is 2.39. The molecule has 4 rings (SSSR count). The highest BCUT2D eigenvalue weighted by molar-refractivity contribution is 5.93. The molecule has 0 radical (unpaired) electrons. The van der Waals surface area contributed by atoms with E-state index in [9.17, 15) is 9.18 Å². The largest absolute Gasteiger partial charge is 0.467 e. The molecule has 1 atom stereocenters. The highest BCUT2D eigenvalue weighted by Gasteiger charge is 2.28. The Morgan fingerprint density at radius 2 is 1.87 bits per heavy atom. The minimum Gasteiger partial charge on any atom is -0.467 e. The lowest BCUT2D eigenvalue weighted by atomic mass is 9.75. The van der Waals surface area contributed by atoms with Crippen LogP contribution in [-0.2, 0) is 0 Å². The summed E-state index contributed by atoms with van der Waals surface area (Å²) in [6, 6.07) is 7.08. The molecule has 1 N–H and O–H groups in total. The van der Waals surface area contributed by atoms with Gasteiger partial charge in [0.25, 0.3) is 5.91 Å². The van der Waals surface area contributed by atoms with Gasteiger partial charge in [-0.25, -0.2) is 14.4 Å². The van der Waals surface area contributed by atoms with Crippen LogP contribution in [0.15, 0.2) is 42.9 Å². The zero-order chi connectivity index (χ0) is 21.1. The molecule has 0 bridgehead atoms. The third-order valence-corrected chi connectivity index (χ3v) is 6.09. The van der Waals surface area contributed by atoms with Crippen molar-refractivity contribution in [3.05, 3.63) is 59.8 Å². The van der Waals surface area contributed by atoms with Crippen LogP contribution in [0.1, 0.15) is 54.4 Å². The number of fused-ring (bicyclic) bond motifs is 1. The van der Waals surface area contributed by atoms with Crippen LogP contribution in [0.25, 0.3) is 10.9 Å². The molecule has 1 amide bonds. The lowest BCUT2D eigenvalue weighted by Gasteiger charge is -2.33. The van der Waals surface area contributed by atoms with Gasteiger partial charge < -0.3 is 10.1 Å². The van der Waals surface area contributed by atoms with Gasteiger partial charge in [0.1, 0.15) is 5.82 Å². The van der Waals surface area contributed by atoms with Crippen LogP contribution in [0, 0.1) is 11.7 Å². The molecule has 1 saturated carbocycles. The normalized spacial score (nSPS) is 20.0. The average Bonchev–Trinajstić information content (AvgIpc) is 2.78. The van der Waals surface area contributed by atoms with Gasteiger partial charge in [0.15, 0.2) is 0 Å². The summed E-state index contributed by atoms with van der Waals surface area (Å²) in [4.78, 5) is 24.8. The van der Waals surface area contributed by atoms with Crippen molar-refractivity contribution in [1.29, 1.82) is 0 Å². The van der Waals surface area contributed by atoms with Crippen LogP contribution in [0.2, 0.25) is 0 Å². The molecular weight excluding hydrogens is 383 g/mol. The zero-order valence-corrected chi connectivity index (χ0v) is 17.1. The summed E-state index contributed by atoms with van der Waals surface area (Å²) in [5, 5.41) is 3.98. The molecule has 1 aromatic carbocycles. The zero-order valence-electron chi connectivity index (χ0n) is 17.1. The smallest absolute Gasteiger partial charge is 0.316 e. The molecule has 2 aromatic heterocycles. The van der Waals surface area contributed by atoms with Crippen molar-refractivity contribution in [2.45, 2.75) is 44.6 Å². The monoisotopic (exact) mass is 408 g/mol. The third-order valence-electron chi connectivity index (χ3n) is 6.09. The first-order valence-electron chi connectivity index (χ1n) is 10.3. The van der Waals surface area contributed by atoms with Crippen molar-refractivity contribution < 1.29 is 13.9 Å². The number of nitrogens with zero attached hydrogens (tertiary/aromatic N) is 3. The van der Waals surface area contributed by atoms with Crippen LogP contribution in [0.3, 0.4) is 0 Å². The summed E-state index contributed by atoms with van der Waals surface area (Å²) in [7, 11) is 1.48. The van der Waals surface area contributed by atoms with E-state index in [-0.39, 0.29) is 23.8 Å². The summed E-state index contributed by atoms with van der Waals surface area (Å²) in [6.45, 7) is 2.05. The van der Waals surface area contributed by atoms with Crippen LogP contribution in [0.4, 0.5) is 4.39 Å². The van der Waals surface area contributed by atoms with Crippen LogP contribution < -0.4 is 10.1 Å². The molecule has 30 heavy (non-hydrogen) atoms. The lowest BCUT2D eigenvalue weighted by Crippen LogP contribution is -2.39. The van der Waals surface area contributed by atoms with E-state index in [0.29, 0.717) is 17.4 Å². The second-order valence-corrected chi connectivity index (χ2v) is 7.89. The second kappa shape index (κ2) is 8.73. The molecule has 0 saturated heterocycles. The van der Waals surface area contributed by atoms with E-state index in [1.807, 2.05) is 13.0 Å². The molecule has 1 aliphatic carbocycles. The molecule has 1 aliphatic rings. The van der Waals surface area contributed by atoms with Crippen molar-refractivity contribution in [2.24, 2.45) is 5.92 Å². The first-order valence-corrected chi connectivity index (χ1v) is 10.3. The molecule has 0 aliphatic heterocycles. The number of hydrogen-bond acceptors (Lipinski definition) is 5. The number of methoxy groups -OCH3 is 1. The molecule has 1 fully saturated rings. The fourth-order valence-electron chi connectivity index (χ4n) is 4.37. The SMILES string of the molecule is COc1ncc(C(=O)N[C@H](C)C2CCC(c3ccnc4ccc(F)cc34)CC2)cn1. The van der Waals surface area contributed by atoms with Crippen molar-refractivity contribution in [3.8, 4) is 6.01 Å². The van der Waals surface area contributed by atoms with E-state index in [1.165, 1.54) is 31.1 Å². The van der Waals surface area contributed by atoms with Crippen LogP contribution >= 0.6 is 0 Å². The number of ether oxygens (including phenoxy) is 1. The Morgan fingerprint density at radius 1 is 1.13 bits per heavy atom. The Bertz CT molecular complexity index is 1030. The van der Waals surface area contributed by atoms with Crippen LogP contribution in [0.5, 0.6) is 6.01 Å². The van der Waals surface area contributed by atoms with Crippen molar-refractivity contribution in [1.82, 2.24) is 20.3 Å². The Hall–Kier alpha value is -3.09. The number of carbonyl (C=O) groups is 1. The van der Waals surface area contributed by atoms with Crippen molar-refractivity contribution in [3.63, 3.8) is 0 Å². The number of rotatable bonds is 5. The topological polar surface area (TPSA) is 77.0 Å². The van der Waals surface area contributed by atoms with E-state index in [1.54, 1.807) is 18.3 Å². The van der Waals surface area contributed by atoms with Gasteiger partial charge in [0.05, 0.1) is 18.2 Å². The Kier molecular flexibility index (Phi) is 5.88. The van der Waals surface area contributed by atoms with Gasteiger partial charge in [-0.15, -0.1) is 0 Å². The molecule has 7 heteroatoms. The lowest BCUT2D eigenvalue weighted by molar-refractivity contribution is 0.0917. The van der Waals surface area contributed by atoms with E-state index >= 15 is 0 Å². The molecule has 0 spiro atoms. The minimum absolute atomic E-state index is 0.0483. The van der Waals surface area contributed by atoms with Crippen LogP contribution in [-0.4, -0.2) is 34.0 Å². The maximum atomic E-state index is 13.8. The quantitative estimate of drug-likeness (QED) is 0.682. The van der Waals surface area contributed by atoms with Gasteiger partial charge in [0, 0.05) is 30.0 Å². The molecule has 2 heterocycles. The number of carbonyl (C=O) groups excluding carboxylic acids is 1. The van der Waals surface area contributed by atoms with Gasteiger partial charge in [-0.2, -0.15) is 0 Å². The summed E-state index contributed by atoms with van der Waals surface area (Å²) < 4.78 is 18.7. The number of halogens is 1. The Morgan fingerprint density at radius 3 is 2.57 bits per heavy atom. The van der Waals surface area contributed by atoms with E-state index in [2.05, 4.69) is 20.3 Å². The number of aromatic nitrogens is 3. The number of nitrogens with one attached hydrogen (secondary N) is 1. The molecule has 6 nitrogen and oxygen atoms in total. The molecule has 0 unspecified atom stereocenters. The summed E-state index contributed by atoms with van der Waals surface area (Å²) in [6.07, 6.45) is 8.77.